The maximum absolute atomic E-state index is 12.9. The van der Waals surface area contributed by atoms with Gasteiger partial charge in [-0.1, -0.05) is 91.2 Å². The molecular weight excluding hydrogens is 562 g/mol. The molecule has 0 aromatic carbocycles. The summed E-state index contributed by atoms with van der Waals surface area (Å²) in [6, 6.07) is 0.407. The standard InChI is InChI=1S/C43H77NO2/c1-6-7-8-9-10-11-12-13-14-15-16-17-18-19-20-21-41(46)44-36-28-30-42(4)35(32-36)24-25-37-39-27-26-38(33(2)22-23-34(3)45)43(39,5)31-29-40(37)42/h13-14,33-40,45H,6-12,15-32H2,1-5H3,(H,44,46)/b14-13-/t33-,34?,35?,36?,37?,38?,39?,40?,42?,43?/m1/s1. The molecule has 4 aliphatic rings. The quantitative estimate of drug-likeness (QED) is 0.103. The van der Waals surface area contributed by atoms with Gasteiger partial charge in [-0.25, -0.2) is 0 Å². The van der Waals surface area contributed by atoms with Crippen LogP contribution in [0, 0.1) is 46.3 Å². The Hall–Kier alpha value is -0.830. The normalized spacial score (nSPS) is 35.3. The van der Waals surface area contributed by atoms with Crippen molar-refractivity contribution in [3.8, 4) is 0 Å². The van der Waals surface area contributed by atoms with E-state index in [1.807, 2.05) is 6.92 Å². The third-order valence-corrected chi connectivity index (χ3v) is 14.5. The zero-order valence-corrected chi connectivity index (χ0v) is 31.3. The number of allylic oxidation sites excluding steroid dienone is 2. The van der Waals surface area contributed by atoms with Crippen molar-refractivity contribution in [2.45, 2.75) is 207 Å². The number of carbonyl (C=O) groups is 1. The Morgan fingerprint density at radius 3 is 2.09 bits per heavy atom. The average Bonchev–Trinajstić information content (AvgIpc) is 3.39. The molecule has 4 fully saturated rings. The van der Waals surface area contributed by atoms with Gasteiger partial charge in [-0.2, -0.15) is 0 Å². The van der Waals surface area contributed by atoms with Gasteiger partial charge in [0.05, 0.1) is 6.10 Å². The molecule has 1 amide bonds. The molecule has 46 heavy (non-hydrogen) atoms. The highest BCUT2D eigenvalue weighted by Gasteiger charge is 2.60. The molecule has 0 heterocycles. The smallest absolute Gasteiger partial charge is 0.220 e. The highest BCUT2D eigenvalue weighted by Crippen LogP contribution is 2.68. The number of carbonyl (C=O) groups excluding carboxylic acids is 1. The van der Waals surface area contributed by atoms with Crippen LogP contribution in [0.4, 0.5) is 0 Å². The van der Waals surface area contributed by atoms with Gasteiger partial charge in [-0.05, 0) is 156 Å². The van der Waals surface area contributed by atoms with Crippen molar-refractivity contribution in [1.29, 1.82) is 0 Å². The minimum absolute atomic E-state index is 0.162. The second-order valence-corrected chi connectivity index (χ2v) is 17.7. The van der Waals surface area contributed by atoms with Crippen molar-refractivity contribution < 1.29 is 9.90 Å². The molecule has 4 aliphatic carbocycles. The van der Waals surface area contributed by atoms with Crippen molar-refractivity contribution in [2.24, 2.45) is 46.3 Å². The van der Waals surface area contributed by atoms with Gasteiger partial charge in [0.2, 0.25) is 5.91 Å². The first-order chi connectivity index (χ1) is 22.2. The van der Waals surface area contributed by atoms with Crippen molar-refractivity contribution in [3.63, 3.8) is 0 Å². The zero-order chi connectivity index (χ0) is 33.0. The molecule has 0 radical (unpaired) electrons. The van der Waals surface area contributed by atoms with E-state index in [0.717, 1.165) is 54.8 Å². The van der Waals surface area contributed by atoms with Crippen LogP contribution in [-0.2, 0) is 4.79 Å². The van der Waals surface area contributed by atoms with E-state index in [1.54, 1.807) is 0 Å². The Bertz CT molecular complexity index is 912. The monoisotopic (exact) mass is 640 g/mol. The summed E-state index contributed by atoms with van der Waals surface area (Å²) in [5, 5.41) is 13.4. The van der Waals surface area contributed by atoms with Crippen molar-refractivity contribution >= 4 is 5.91 Å². The van der Waals surface area contributed by atoms with E-state index in [4.69, 9.17) is 0 Å². The molecule has 3 nitrogen and oxygen atoms in total. The third kappa shape index (κ3) is 10.1. The molecule has 0 aliphatic heterocycles. The Morgan fingerprint density at radius 2 is 1.39 bits per heavy atom. The average molecular weight is 640 g/mol. The van der Waals surface area contributed by atoms with E-state index in [0.29, 0.717) is 22.8 Å². The summed E-state index contributed by atoms with van der Waals surface area (Å²) in [6.45, 7) is 12.1. The molecule has 10 atom stereocenters. The van der Waals surface area contributed by atoms with Gasteiger partial charge in [0, 0.05) is 12.5 Å². The van der Waals surface area contributed by atoms with Gasteiger partial charge in [0.25, 0.3) is 0 Å². The molecule has 266 valence electrons. The first-order valence-corrected chi connectivity index (χ1v) is 20.8. The predicted molar refractivity (Wildman–Crippen MR) is 197 cm³/mol. The first kappa shape index (κ1) is 38.0. The lowest BCUT2D eigenvalue weighted by atomic mass is 9.44. The summed E-state index contributed by atoms with van der Waals surface area (Å²) in [4.78, 5) is 12.9. The van der Waals surface area contributed by atoms with Gasteiger partial charge in [0.1, 0.15) is 0 Å². The van der Waals surface area contributed by atoms with Gasteiger partial charge >= 0.3 is 0 Å². The highest BCUT2D eigenvalue weighted by atomic mass is 16.3. The molecule has 2 N–H and O–H groups in total. The fraction of sp³-hybridized carbons (Fsp3) is 0.930. The minimum atomic E-state index is -0.162. The summed E-state index contributed by atoms with van der Waals surface area (Å²) < 4.78 is 0. The number of aliphatic hydroxyl groups excluding tert-OH is 1. The molecule has 0 aromatic rings. The summed E-state index contributed by atoms with van der Waals surface area (Å²) in [5.41, 5.74) is 0.989. The number of rotatable bonds is 20. The number of nitrogens with one attached hydrogen (secondary N) is 1. The van der Waals surface area contributed by atoms with Crippen LogP contribution >= 0.6 is 0 Å². The van der Waals surface area contributed by atoms with Gasteiger partial charge in [-0.3, -0.25) is 4.79 Å². The SMILES string of the molecule is CCCCCCCC/C=C\CCCCCCCC(=O)NC1CCC2(C)C(CCC3C2CCC2(C)C3CCC2[C@H](C)CCC(C)O)C1. The highest BCUT2D eigenvalue weighted by molar-refractivity contribution is 5.76. The number of aliphatic hydroxyl groups is 1. The second-order valence-electron chi connectivity index (χ2n) is 17.7. The fourth-order valence-corrected chi connectivity index (χ4v) is 11.7. The van der Waals surface area contributed by atoms with E-state index in [2.05, 4.69) is 45.2 Å². The molecule has 0 saturated heterocycles. The molecule has 9 unspecified atom stereocenters. The first-order valence-electron chi connectivity index (χ1n) is 20.8. The molecule has 0 spiro atoms. The molecule has 3 heteroatoms. The molecule has 4 saturated carbocycles. The lowest BCUT2D eigenvalue weighted by Crippen LogP contribution is -2.55. The Balaban J connectivity index is 1.10. The van der Waals surface area contributed by atoms with Gasteiger partial charge in [-0.15, -0.1) is 0 Å². The summed E-state index contributed by atoms with van der Waals surface area (Å²) in [5.74, 6) is 5.40. The summed E-state index contributed by atoms with van der Waals surface area (Å²) >= 11 is 0. The maximum atomic E-state index is 12.9. The van der Waals surface area contributed by atoms with Crippen LogP contribution in [0.5, 0.6) is 0 Å². The fourth-order valence-electron chi connectivity index (χ4n) is 11.7. The predicted octanol–water partition coefficient (Wildman–Crippen LogP) is 12.0. The van der Waals surface area contributed by atoms with Crippen LogP contribution in [0.3, 0.4) is 0 Å². The van der Waals surface area contributed by atoms with E-state index >= 15 is 0 Å². The largest absolute Gasteiger partial charge is 0.393 e. The lowest BCUT2D eigenvalue weighted by Gasteiger charge is -2.61. The summed E-state index contributed by atoms with van der Waals surface area (Å²) in [6.07, 6.45) is 36.7. The van der Waals surface area contributed by atoms with Crippen LogP contribution in [-0.4, -0.2) is 23.2 Å². The second kappa shape index (κ2) is 18.8. The number of hydrogen-bond acceptors (Lipinski definition) is 2. The van der Waals surface area contributed by atoms with Crippen molar-refractivity contribution in [1.82, 2.24) is 5.32 Å². The van der Waals surface area contributed by atoms with Crippen molar-refractivity contribution in [2.75, 3.05) is 0 Å². The lowest BCUT2D eigenvalue weighted by molar-refractivity contribution is -0.128. The molecule has 4 rings (SSSR count). The maximum Gasteiger partial charge on any atom is 0.220 e. The molecule has 0 aromatic heterocycles. The van der Waals surface area contributed by atoms with Crippen LogP contribution in [0.2, 0.25) is 0 Å². The Kier molecular flexibility index (Phi) is 15.5. The van der Waals surface area contributed by atoms with Crippen LogP contribution in [0.1, 0.15) is 195 Å². The van der Waals surface area contributed by atoms with E-state index in [9.17, 15) is 9.90 Å². The van der Waals surface area contributed by atoms with Crippen molar-refractivity contribution in [3.05, 3.63) is 12.2 Å². The number of amides is 1. The van der Waals surface area contributed by atoms with E-state index in [-0.39, 0.29) is 6.10 Å². The van der Waals surface area contributed by atoms with Gasteiger partial charge < -0.3 is 10.4 Å². The van der Waals surface area contributed by atoms with Crippen LogP contribution < -0.4 is 5.32 Å². The Labute approximate surface area is 286 Å². The molecular formula is C43H77NO2. The van der Waals surface area contributed by atoms with E-state index in [1.165, 1.54) is 141 Å². The Morgan fingerprint density at radius 1 is 0.761 bits per heavy atom. The summed E-state index contributed by atoms with van der Waals surface area (Å²) in [7, 11) is 0. The van der Waals surface area contributed by atoms with Gasteiger partial charge in [0.15, 0.2) is 0 Å². The van der Waals surface area contributed by atoms with Crippen LogP contribution in [0.25, 0.3) is 0 Å². The number of hydrogen-bond donors (Lipinski definition) is 2. The zero-order valence-electron chi connectivity index (χ0n) is 31.3. The van der Waals surface area contributed by atoms with E-state index < -0.39 is 0 Å². The molecule has 0 bridgehead atoms. The number of unbranched alkanes of at least 4 members (excludes halogenated alkanes) is 11. The van der Waals surface area contributed by atoms with Crippen LogP contribution in [0.15, 0.2) is 12.2 Å². The topological polar surface area (TPSA) is 49.3 Å². The number of fused-ring (bicyclic) bond motifs is 5. The minimum Gasteiger partial charge on any atom is -0.393 e. The third-order valence-electron chi connectivity index (χ3n) is 14.5.